The van der Waals surface area contributed by atoms with Gasteiger partial charge in [-0.25, -0.2) is 36.9 Å². The van der Waals surface area contributed by atoms with Crippen LogP contribution in [0.25, 0.3) is 22.3 Å². The fourth-order valence-corrected chi connectivity index (χ4v) is 4.81. The monoisotopic (exact) mass is 450 g/mol. The summed E-state index contributed by atoms with van der Waals surface area (Å²) in [5, 5.41) is 3.08. The summed E-state index contributed by atoms with van der Waals surface area (Å²) in [5.41, 5.74) is 1.09. The highest BCUT2D eigenvalue weighted by Crippen LogP contribution is 2.31. The molecule has 4 rings (SSSR count). The average Bonchev–Trinajstić information content (AvgIpc) is 2.97. The number of aryl methyl sites for hydroxylation is 1. The minimum absolute atomic E-state index is 0.0161. The second-order valence-electron chi connectivity index (χ2n) is 8.24. The van der Waals surface area contributed by atoms with E-state index in [1.54, 1.807) is 13.0 Å². The fraction of sp³-hybridized carbons (Fsp3) is 0.450. The van der Waals surface area contributed by atoms with E-state index < -0.39 is 21.7 Å². The van der Waals surface area contributed by atoms with Crippen LogP contribution in [0.15, 0.2) is 18.3 Å². The van der Waals surface area contributed by atoms with Crippen molar-refractivity contribution in [1.82, 2.24) is 24.2 Å². The summed E-state index contributed by atoms with van der Waals surface area (Å²) in [5.74, 6) is -0.333. The average molecular weight is 451 g/mol. The molecule has 2 aromatic heterocycles. The summed E-state index contributed by atoms with van der Waals surface area (Å²) in [7, 11) is -3.26. The number of nitrogens with zero attached hydrogens (tertiary/aromatic N) is 4. The number of hydrogen-bond donors (Lipinski definition) is 2. The van der Waals surface area contributed by atoms with Crippen LogP contribution < -0.4 is 10.0 Å². The molecule has 0 radical (unpaired) electrons. The van der Waals surface area contributed by atoms with Crippen molar-refractivity contribution in [3.63, 3.8) is 0 Å². The first-order valence-electron chi connectivity index (χ1n) is 9.96. The lowest BCUT2D eigenvalue weighted by atomic mass is 9.88. The van der Waals surface area contributed by atoms with Gasteiger partial charge in [-0.05, 0) is 45.7 Å². The first kappa shape index (κ1) is 21.6. The van der Waals surface area contributed by atoms with Crippen molar-refractivity contribution < 1.29 is 17.2 Å². The Morgan fingerprint density at radius 1 is 1.13 bits per heavy atom. The van der Waals surface area contributed by atoms with Crippen molar-refractivity contribution in [2.45, 2.75) is 51.7 Å². The summed E-state index contributed by atoms with van der Waals surface area (Å²) in [4.78, 5) is 12.5. The van der Waals surface area contributed by atoms with E-state index in [0.717, 1.165) is 12.5 Å². The number of aromatic nitrogens is 4. The Labute approximate surface area is 179 Å². The second-order valence-corrected chi connectivity index (χ2v) is 10.0. The number of halogens is 2. The molecule has 8 nitrogen and oxygen atoms in total. The van der Waals surface area contributed by atoms with E-state index in [2.05, 4.69) is 25.0 Å². The minimum atomic E-state index is -3.26. The normalized spacial score (nSPS) is 19.1. The Morgan fingerprint density at radius 2 is 1.84 bits per heavy atom. The van der Waals surface area contributed by atoms with Crippen LogP contribution >= 0.6 is 0 Å². The maximum absolute atomic E-state index is 14.8. The van der Waals surface area contributed by atoms with E-state index in [0.29, 0.717) is 29.7 Å². The van der Waals surface area contributed by atoms with Crippen LogP contribution in [-0.2, 0) is 10.0 Å². The largest absolute Gasteiger partial charge is 0.351 e. The van der Waals surface area contributed by atoms with Crippen LogP contribution in [0.4, 0.5) is 14.7 Å². The zero-order valence-electron chi connectivity index (χ0n) is 17.6. The molecule has 31 heavy (non-hydrogen) atoms. The Morgan fingerprint density at radius 3 is 2.48 bits per heavy atom. The van der Waals surface area contributed by atoms with Crippen molar-refractivity contribution in [3.05, 3.63) is 35.8 Å². The van der Waals surface area contributed by atoms with Gasteiger partial charge in [0.1, 0.15) is 17.0 Å². The second kappa shape index (κ2) is 7.79. The van der Waals surface area contributed by atoms with E-state index in [4.69, 9.17) is 0 Å². The molecular weight excluding hydrogens is 426 g/mol. The number of nitrogens with one attached hydrogen (secondary N) is 2. The van der Waals surface area contributed by atoms with Crippen LogP contribution in [0.2, 0.25) is 0 Å². The molecule has 1 fully saturated rings. The number of hydrogen-bond acceptors (Lipinski definition) is 6. The number of benzene rings is 1. The highest BCUT2D eigenvalue weighted by molar-refractivity contribution is 7.88. The molecule has 1 aliphatic carbocycles. The highest BCUT2D eigenvalue weighted by atomic mass is 32.2. The van der Waals surface area contributed by atoms with Gasteiger partial charge in [0.2, 0.25) is 16.0 Å². The SMILES string of the molecule is Cc1nc2c(F)cc(-c3nc(NC4CC(NS(C)(=O)=O)C4)ncc3F)cc2n1C(C)C. The number of anilines is 1. The van der Waals surface area contributed by atoms with Gasteiger partial charge in [-0.3, -0.25) is 0 Å². The zero-order valence-corrected chi connectivity index (χ0v) is 18.5. The van der Waals surface area contributed by atoms with Gasteiger partial charge in [0.25, 0.3) is 0 Å². The molecule has 0 saturated heterocycles. The van der Waals surface area contributed by atoms with Crippen LogP contribution in [0.1, 0.15) is 38.6 Å². The van der Waals surface area contributed by atoms with Gasteiger partial charge in [-0.2, -0.15) is 0 Å². The lowest BCUT2D eigenvalue weighted by molar-refractivity contribution is 0.345. The third-order valence-electron chi connectivity index (χ3n) is 5.31. The molecule has 0 spiro atoms. The van der Waals surface area contributed by atoms with Crippen molar-refractivity contribution in [2.75, 3.05) is 11.6 Å². The molecule has 0 bridgehead atoms. The molecule has 0 aliphatic heterocycles. The molecule has 0 atom stereocenters. The lowest BCUT2D eigenvalue weighted by Crippen LogP contribution is -2.49. The minimum Gasteiger partial charge on any atom is -0.351 e. The van der Waals surface area contributed by atoms with E-state index in [-0.39, 0.29) is 35.3 Å². The van der Waals surface area contributed by atoms with Crippen molar-refractivity contribution in [1.29, 1.82) is 0 Å². The predicted molar refractivity (Wildman–Crippen MR) is 114 cm³/mol. The molecule has 0 unspecified atom stereocenters. The van der Waals surface area contributed by atoms with Gasteiger partial charge in [0.05, 0.1) is 18.0 Å². The van der Waals surface area contributed by atoms with E-state index in [1.807, 2.05) is 18.4 Å². The van der Waals surface area contributed by atoms with Crippen LogP contribution in [-0.4, -0.2) is 46.3 Å². The van der Waals surface area contributed by atoms with E-state index in [9.17, 15) is 17.2 Å². The standard InChI is InChI=1S/C20H24F2N6O2S/c1-10(2)28-11(3)24-19-15(21)5-12(6-17(19)28)18-16(22)9-23-20(26-18)25-13-7-14(8-13)27-31(4,29)30/h5-6,9-10,13-14,27H,7-8H2,1-4H3,(H,23,25,26). The number of sulfonamides is 1. The Kier molecular flexibility index (Phi) is 5.42. The molecule has 166 valence electrons. The lowest BCUT2D eigenvalue weighted by Gasteiger charge is -2.35. The highest BCUT2D eigenvalue weighted by Gasteiger charge is 2.31. The van der Waals surface area contributed by atoms with Crippen LogP contribution in [0, 0.1) is 18.6 Å². The van der Waals surface area contributed by atoms with Gasteiger partial charge >= 0.3 is 0 Å². The van der Waals surface area contributed by atoms with Crippen LogP contribution in [0.3, 0.4) is 0 Å². The maximum atomic E-state index is 14.8. The third-order valence-corrected chi connectivity index (χ3v) is 6.07. The molecular formula is C20H24F2N6O2S. The molecule has 1 aromatic carbocycles. The molecule has 2 N–H and O–H groups in total. The Balaban J connectivity index is 1.62. The first-order chi connectivity index (χ1) is 14.5. The quantitative estimate of drug-likeness (QED) is 0.598. The summed E-state index contributed by atoms with van der Waals surface area (Å²) in [6.45, 7) is 5.74. The summed E-state index contributed by atoms with van der Waals surface area (Å²) in [6.07, 6.45) is 3.29. The molecule has 2 heterocycles. The predicted octanol–water partition coefficient (Wildman–Crippen LogP) is 3.15. The molecule has 1 aliphatic rings. The van der Waals surface area contributed by atoms with E-state index >= 15 is 0 Å². The summed E-state index contributed by atoms with van der Waals surface area (Å²) < 4.78 is 56.3. The molecule has 0 amide bonds. The van der Waals surface area contributed by atoms with Gasteiger partial charge in [0.15, 0.2) is 11.6 Å². The molecule has 3 aromatic rings. The van der Waals surface area contributed by atoms with Gasteiger partial charge in [-0.1, -0.05) is 0 Å². The third kappa shape index (κ3) is 4.38. The van der Waals surface area contributed by atoms with Crippen molar-refractivity contribution in [2.24, 2.45) is 0 Å². The van der Waals surface area contributed by atoms with Gasteiger partial charge in [0, 0.05) is 23.7 Å². The van der Waals surface area contributed by atoms with E-state index in [1.165, 1.54) is 6.07 Å². The fourth-order valence-electron chi connectivity index (χ4n) is 4.01. The number of fused-ring (bicyclic) bond motifs is 1. The Hall–Kier alpha value is -2.66. The first-order valence-corrected chi connectivity index (χ1v) is 11.9. The number of imidazole rings is 1. The van der Waals surface area contributed by atoms with Gasteiger partial charge in [-0.15, -0.1) is 0 Å². The smallest absolute Gasteiger partial charge is 0.223 e. The number of rotatable bonds is 6. The van der Waals surface area contributed by atoms with Crippen molar-refractivity contribution >= 4 is 27.0 Å². The molecule has 1 saturated carbocycles. The maximum Gasteiger partial charge on any atom is 0.223 e. The molecule has 11 heteroatoms. The topological polar surface area (TPSA) is 102 Å². The van der Waals surface area contributed by atoms with Crippen molar-refractivity contribution in [3.8, 4) is 11.3 Å². The van der Waals surface area contributed by atoms with Crippen LogP contribution in [0.5, 0.6) is 0 Å². The summed E-state index contributed by atoms with van der Waals surface area (Å²) >= 11 is 0. The zero-order chi connectivity index (χ0) is 22.5. The van der Waals surface area contributed by atoms with Gasteiger partial charge < -0.3 is 9.88 Å². The summed E-state index contributed by atoms with van der Waals surface area (Å²) in [6, 6.07) is 2.78. The Bertz CT molecular complexity index is 1250.